The first-order valence-corrected chi connectivity index (χ1v) is 6.78. The van der Waals surface area contributed by atoms with Crippen molar-refractivity contribution in [2.45, 2.75) is 26.8 Å². The summed E-state index contributed by atoms with van der Waals surface area (Å²) in [4.78, 5) is 8.56. The number of ether oxygens (including phenoxy) is 1. The summed E-state index contributed by atoms with van der Waals surface area (Å²) in [6.07, 6.45) is 0.768. The number of guanidine groups is 1. The second kappa shape index (κ2) is 6.78. The van der Waals surface area contributed by atoms with Gasteiger partial charge in [0.1, 0.15) is 18.1 Å². The summed E-state index contributed by atoms with van der Waals surface area (Å²) >= 11 is 0. The number of benzene rings is 1. The summed E-state index contributed by atoms with van der Waals surface area (Å²) in [5.41, 5.74) is 7.56. The van der Waals surface area contributed by atoms with Crippen LogP contribution in [0, 0.1) is 6.92 Å². The molecule has 0 radical (unpaired) electrons. The van der Waals surface area contributed by atoms with Crippen LogP contribution in [-0.4, -0.2) is 18.1 Å². The number of nitrogens with two attached hydrogens (primary N) is 1. The van der Waals surface area contributed by atoms with Crippen LogP contribution in [0.3, 0.4) is 0 Å². The lowest BCUT2D eigenvalue weighted by Crippen LogP contribution is -2.22. The highest BCUT2D eigenvalue weighted by molar-refractivity contribution is 5.92. The molecular formula is C15H20N4O2. The minimum absolute atomic E-state index is 0.328. The normalized spacial score (nSPS) is 11.5. The van der Waals surface area contributed by atoms with E-state index in [1.54, 1.807) is 7.11 Å². The molecule has 0 aliphatic heterocycles. The van der Waals surface area contributed by atoms with Crippen molar-refractivity contribution in [3.8, 4) is 5.75 Å². The van der Waals surface area contributed by atoms with E-state index >= 15 is 0 Å². The topological polar surface area (TPSA) is 85.7 Å². The number of hydrogen-bond donors (Lipinski definition) is 2. The Balaban J connectivity index is 1.98. The van der Waals surface area contributed by atoms with Crippen molar-refractivity contribution in [1.29, 1.82) is 0 Å². The summed E-state index contributed by atoms with van der Waals surface area (Å²) in [5.74, 6) is 2.58. The minimum atomic E-state index is 0.328. The van der Waals surface area contributed by atoms with Gasteiger partial charge in [0.2, 0.25) is 0 Å². The third kappa shape index (κ3) is 3.98. The van der Waals surface area contributed by atoms with Crippen LogP contribution in [0.25, 0.3) is 0 Å². The molecule has 1 aromatic carbocycles. The molecule has 112 valence electrons. The third-order valence-corrected chi connectivity index (χ3v) is 2.99. The molecule has 2 rings (SSSR count). The van der Waals surface area contributed by atoms with Gasteiger partial charge in [-0.3, -0.25) is 0 Å². The fourth-order valence-electron chi connectivity index (χ4n) is 1.80. The van der Waals surface area contributed by atoms with Crippen molar-refractivity contribution in [3.63, 3.8) is 0 Å². The zero-order valence-corrected chi connectivity index (χ0v) is 12.5. The minimum Gasteiger partial charge on any atom is -0.497 e. The van der Waals surface area contributed by atoms with Gasteiger partial charge < -0.3 is 20.2 Å². The van der Waals surface area contributed by atoms with Gasteiger partial charge in [-0.05, 0) is 31.2 Å². The van der Waals surface area contributed by atoms with Crippen LogP contribution < -0.4 is 15.8 Å². The van der Waals surface area contributed by atoms with E-state index < -0.39 is 0 Å². The van der Waals surface area contributed by atoms with E-state index in [-0.39, 0.29) is 0 Å². The first-order valence-electron chi connectivity index (χ1n) is 6.78. The van der Waals surface area contributed by atoms with Crippen molar-refractivity contribution < 1.29 is 9.15 Å². The highest BCUT2D eigenvalue weighted by Crippen LogP contribution is 2.15. The summed E-state index contributed by atoms with van der Waals surface area (Å²) < 4.78 is 10.7. The Morgan fingerprint density at radius 2 is 2.10 bits per heavy atom. The fourth-order valence-corrected chi connectivity index (χ4v) is 1.80. The van der Waals surface area contributed by atoms with Gasteiger partial charge in [-0.15, -0.1) is 0 Å². The molecule has 2 aromatic rings. The number of rotatable bonds is 5. The van der Waals surface area contributed by atoms with Crippen molar-refractivity contribution in [1.82, 2.24) is 4.98 Å². The number of nitrogens with one attached hydrogen (secondary N) is 1. The van der Waals surface area contributed by atoms with E-state index in [1.807, 2.05) is 38.1 Å². The van der Waals surface area contributed by atoms with E-state index in [0.29, 0.717) is 12.5 Å². The molecule has 0 unspecified atom stereocenters. The SMILES string of the molecule is CCc1nc(C)c(CN=C(N)Nc2ccc(OC)cc2)o1. The molecule has 1 heterocycles. The molecule has 0 amide bonds. The average Bonchev–Trinajstić information content (AvgIpc) is 2.86. The Labute approximate surface area is 124 Å². The van der Waals surface area contributed by atoms with Gasteiger partial charge in [0.05, 0.1) is 12.8 Å². The van der Waals surface area contributed by atoms with Gasteiger partial charge >= 0.3 is 0 Å². The Bertz CT molecular complexity index is 617. The highest BCUT2D eigenvalue weighted by atomic mass is 16.5. The molecule has 1 aromatic heterocycles. The Morgan fingerprint density at radius 1 is 1.38 bits per heavy atom. The highest BCUT2D eigenvalue weighted by Gasteiger charge is 2.07. The number of hydrogen-bond acceptors (Lipinski definition) is 4. The Morgan fingerprint density at radius 3 is 2.67 bits per heavy atom. The molecule has 0 fully saturated rings. The number of nitrogens with zero attached hydrogens (tertiary/aromatic N) is 2. The van der Waals surface area contributed by atoms with Crippen LogP contribution in [0.15, 0.2) is 33.7 Å². The summed E-state index contributed by atoms with van der Waals surface area (Å²) in [6, 6.07) is 7.44. The summed E-state index contributed by atoms with van der Waals surface area (Å²) in [7, 11) is 1.63. The predicted molar refractivity (Wildman–Crippen MR) is 82.6 cm³/mol. The first-order chi connectivity index (χ1) is 10.1. The second-order valence-corrected chi connectivity index (χ2v) is 4.52. The van der Waals surface area contributed by atoms with Gasteiger partial charge in [-0.2, -0.15) is 0 Å². The van der Waals surface area contributed by atoms with E-state index in [2.05, 4.69) is 15.3 Å². The maximum absolute atomic E-state index is 5.86. The van der Waals surface area contributed by atoms with Gasteiger partial charge in [-0.1, -0.05) is 6.92 Å². The van der Waals surface area contributed by atoms with E-state index in [0.717, 1.165) is 35.2 Å². The number of aromatic nitrogens is 1. The molecule has 0 spiro atoms. The number of aryl methyl sites for hydroxylation is 2. The van der Waals surface area contributed by atoms with Gasteiger partial charge in [0, 0.05) is 12.1 Å². The Kier molecular flexibility index (Phi) is 4.81. The maximum Gasteiger partial charge on any atom is 0.194 e. The summed E-state index contributed by atoms with van der Waals surface area (Å²) in [5, 5.41) is 3.01. The molecule has 6 nitrogen and oxygen atoms in total. The van der Waals surface area contributed by atoms with E-state index in [4.69, 9.17) is 14.9 Å². The van der Waals surface area contributed by atoms with Crippen molar-refractivity contribution in [3.05, 3.63) is 41.6 Å². The molecule has 0 bridgehead atoms. The molecule has 0 saturated carbocycles. The van der Waals surface area contributed by atoms with Gasteiger partial charge in [0.25, 0.3) is 0 Å². The number of oxazole rings is 1. The summed E-state index contributed by atoms with van der Waals surface area (Å²) in [6.45, 7) is 4.27. The smallest absolute Gasteiger partial charge is 0.194 e. The monoisotopic (exact) mass is 288 g/mol. The zero-order chi connectivity index (χ0) is 15.2. The van der Waals surface area contributed by atoms with E-state index in [9.17, 15) is 0 Å². The fraction of sp³-hybridized carbons (Fsp3) is 0.333. The first kappa shape index (κ1) is 14.9. The van der Waals surface area contributed by atoms with Crippen molar-refractivity contribution >= 4 is 11.6 Å². The predicted octanol–water partition coefficient (Wildman–Crippen LogP) is 2.48. The van der Waals surface area contributed by atoms with Crippen LogP contribution >= 0.6 is 0 Å². The third-order valence-electron chi connectivity index (χ3n) is 2.99. The van der Waals surface area contributed by atoms with E-state index in [1.165, 1.54) is 0 Å². The van der Waals surface area contributed by atoms with Crippen molar-refractivity contribution in [2.75, 3.05) is 12.4 Å². The molecule has 6 heteroatoms. The number of methoxy groups -OCH3 is 1. The molecule has 0 atom stereocenters. The number of anilines is 1. The second-order valence-electron chi connectivity index (χ2n) is 4.52. The lowest BCUT2D eigenvalue weighted by Gasteiger charge is -2.06. The zero-order valence-electron chi connectivity index (χ0n) is 12.5. The molecule has 3 N–H and O–H groups in total. The lowest BCUT2D eigenvalue weighted by molar-refractivity contribution is 0.415. The molecule has 0 aliphatic rings. The van der Waals surface area contributed by atoms with Crippen LogP contribution in [0.1, 0.15) is 24.3 Å². The molecular weight excluding hydrogens is 268 g/mol. The van der Waals surface area contributed by atoms with Crippen LogP contribution in [0.5, 0.6) is 5.75 Å². The van der Waals surface area contributed by atoms with Crippen LogP contribution in [0.4, 0.5) is 5.69 Å². The van der Waals surface area contributed by atoms with Crippen molar-refractivity contribution in [2.24, 2.45) is 10.7 Å². The molecule has 0 aliphatic carbocycles. The van der Waals surface area contributed by atoms with Crippen LogP contribution in [0.2, 0.25) is 0 Å². The lowest BCUT2D eigenvalue weighted by atomic mass is 10.3. The Hall–Kier alpha value is -2.50. The standard InChI is InChI=1S/C15H20N4O2/c1-4-14-18-10(2)13(21-14)9-17-15(16)19-11-5-7-12(20-3)8-6-11/h5-8H,4,9H2,1-3H3,(H3,16,17,19). The van der Waals surface area contributed by atoms with Gasteiger partial charge in [-0.25, -0.2) is 9.98 Å². The average molecular weight is 288 g/mol. The number of aliphatic imine (C=N–C) groups is 1. The molecule has 21 heavy (non-hydrogen) atoms. The van der Waals surface area contributed by atoms with Gasteiger partial charge in [0.15, 0.2) is 11.9 Å². The van der Waals surface area contributed by atoms with Crippen LogP contribution in [-0.2, 0) is 13.0 Å². The molecule has 0 saturated heterocycles. The quantitative estimate of drug-likeness (QED) is 0.652. The largest absolute Gasteiger partial charge is 0.497 e. The maximum atomic E-state index is 5.86.